The van der Waals surface area contributed by atoms with Crippen LogP contribution in [0.5, 0.6) is 0 Å². The van der Waals surface area contributed by atoms with Crippen molar-refractivity contribution in [3.63, 3.8) is 0 Å². The molecule has 0 spiro atoms. The molecule has 2 atom stereocenters. The number of allylic oxidation sites excluding steroid dienone is 4. The number of thioether (sulfide) groups is 2. The van der Waals surface area contributed by atoms with E-state index in [2.05, 4.69) is 61.5 Å². The molecule has 0 saturated carbocycles. The van der Waals surface area contributed by atoms with Gasteiger partial charge in [0, 0.05) is 22.3 Å². The fraction of sp³-hybridized carbons (Fsp3) is 0.714. The molecule has 0 aromatic rings. The summed E-state index contributed by atoms with van der Waals surface area (Å²) in [5.74, 6) is 0.157. The molecule has 0 aliphatic rings. The van der Waals surface area contributed by atoms with Crippen LogP contribution in [0.1, 0.15) is 92.9 Å². The highest BCUT2D eigenvalue weighted by Gasteiger charge is 2.26. The smallest absolute Gasteiger partial charge is 0.315 e. The Bertz CT molecular complexity index is 732. The Morgan fingerprint density at radius 3 is 1.36 bits per heavy atom. The molecule has 8 heteroatoms. The average Bonchev–Trinajstić information content (AvgIpc) is 2.86. The molecule has 0 aliphatic heterocycles. The highest BCUT2D eigenvalue weighted by Crippen LogP contribution is 2.34. The van der Waals surface area contributed by atoms with Gasteiger partial charge in [-0.15, -0.1) is 23.5 Å². The van der Waals surface area contributed by atoms with Gasteiger partial charge in [0.05, 0.1) is 37.9 Å². The van der Waals surface area contributed by atoms with Crippen LogP contribution in [0, 0.1) is 22.7 Å². The van der Waals surface area contributed by atoms with Gasteiger partial charge in [-0.1, -0.05) is 37.1 Å². The lowest BCUT2D eigenvalue weighted by Gasteiger charge is -2.25. The third-order valence-corrected chi connectivity index (χ3v) is 8.74. The second kappa shape index (κ2) is 21.2. The van der Waals surface area contributed by atoms with E-state index in [1.807, 2.05) is 13.8 Å². The average molecular weight is 539 g/mol. The summed E-state index contributed by atoms with van der Waals surface area (Å²) in [6.45, 7) is 12.6. The van der Waals surface area contributed by atoms with Gasteiger partial charge in [0.1, 0.15) is 0 Å². The SMILES string of the molecule is CCC(C)=CCCC(C)(CC#N)SCC(=O)OC.CCC(C)=CCCC(C)(CC#N)SCC(=O)OC. The molecule has 0 aromatic carbocycles. The summed E-state index contributed by atoms with van der Waals surface area (Å²) in [6, 6.07) is 4.42. The van der Waals surface area contributed by atoms with Gasteiger partial charge in [-0.25, -0.2) is 0 Å². The zero-order valence-corrected chi connectivity index (χ0v) is 25.2. The van der Waals surface area contributed by atoms with Crippen molar-refractivity contribution in [1.82, 2.24) is 0 Å². The minimum atomic E-state index is -0.232. The van der Waals surface area contributed by atoms with Crippen molar-refractivity contribution in [3.05, 3.63) is 23.3 Å². The summed E-state index contributed by atoms with van der Waals surface area (Å²) in [6.07, 6.45) is 11.2. The molecule has 0 rings (SSSR count). The van der Waals surface area contributed by atoms with Crippen molar-refractivity contribution < 1.29 is 19.1 Å². The van der Waals surface area contributed by atoms with E-state index in [4.69, 9.17) is 10.5 Å². The lowest BCUT2D eigenvalue weighted by atomic mass is 10.00. The van der Waals surface area contributed by atoms with Gasteiger partial charge < -0.3 is 9.47 Å². The summed E-state index contributed by atoms with van der Waals surface area (Å²) in [5.41, 5.74) is 2.74. The lowest BCUT2D eigenvalue weighted by molar-refractivity contribution is -0.138. The predicted octanol–water partition coefficient (Wildman–Crippen LogP) is 7.40. The molecule has 0 bridgehead atoms. The number of nitrogens with zero attached hydrogens (tertiary/aromatic N) is 2. The normalized spacial score (nSPS) is 14.7. The number of hydrogen-bond acceptors (Lipinski definition) is 8. The van der Waals surface area contributed by atoms with Crippen LogP contribution < -0.4 is 0 Å². The third kappa shape index (κ3) is 19.3. The first kappa shape index (κ1) is 36.3. The van der Waals surface area contributed by atoms with Gasteiger partial charge in [0.2, 0.25) is 0 Å². The minimum absolute atomic E-state index is 0.173. The van der Waals surface area contributed by atoms with Crippen LogP contribution in [-0.2, 0) is 19.1 Å². The van der Waals surface area contributed by atoms with Crippen LogP contribution in [0.4, 0.5) is 0 Å². The van der Waals surface area contributed by atoms with Crippen molar-refractivity contribution in [3.8, 4) is 12.1 Å². The number of ether oxygens (including phenoxy) is 2. The number of hydrogen-bond donors (Lipinski definition) is 0. The van der Waals surface area contributed by atoms with E-state index in [-0.39, 0.29) is 21.4 Å². The Kier molecular flexibility index (Phi) is 21.4. The van der Waals surface area contributed by atoms with Gasteiger partial charge in [-0.3, -0.25) is 9.59 Å². The molecule has 204 valence electrons. The Morgan fingerprint density at radius 1 is 0.778 bits per heavy atom. The van der Waals surface area contributed by atoms with Crippen LogP contribution in [0.2, 0.25) is 0 Å². The van der Waals surface area contributed by atoms with Crippen LogP contribution >= 0.6 is 23.5 Å². The predicted molar refractivity (Wildman–Crippen MR) is 153 cm³/mol. The van der Waals surface area contributed by atoms with E-state index in [0.29, 0.717) is 24.3 Å². The molecular weight excluding hydrogens is 492 g/mol. The van der Waals surface area contributed by atoms with Gasteiger partial charge in [-0.2, -0.15) is 10.5 Å². The van der Waals surface area contributed by atoms with Gasteiger partial charge in [-0.05, 0) is 66.2 Å². The Balaban J connectivity index is 0. The quantitative estimate of drug-likeness (QED) is 0.148. The molecule has 6 nitrogen and oxygen atoms in total. The highest BCUT2D eigenvalue weighted by molar-refractivity contribution is 8.01. The first-order valence-electron chi connectivity index (χ1n) is 12.4. The van der Waals surface area contributed by atoms with Crippen LogP contribution in [-0.4, -0.2) is 47.2 Å². The van der Waals surface area contributed by atoms with E-state index in [9.17, 15) is 9.59 Å². The molecule has 2 unspecified atom stereocenters. The molecule has 0 N–H and O–H groups in total. The molecule has 0 saturated heterocycles. The van der Waals surface area contributed by atoms with E-state index in [1.54, 1.807) is 0 Å². The fourth-order valence-corrected chi connectivity index (χ4v) is 4.90. The standard InChI is InChI=1S/2C14H23NO2S/c2*1-5-12(2)7-6-8-14(3,9-10-15)18-11-13(16)17-4/h2*7H,5-6,8-9,11H2,1-4H3. The van der Waals surface area contributed by atoms with E-state index >= 15 is 0 Å². The van der Waals surface area contributed by atoms with Crippen molar-refractivity contribution >= 4 is 35.5 Å². The molecule has 0 heterocycles. The number of methoxy groups -OCH3 is 2. The second-order valence-corrected chi connectivity index (χ2v) is 12.3. The van der Waals surface area contributed by atoms with Crippen molar-refractivity contribution in [2.75, 3.05) is 25.7 Å². The molecule has 0 aromatic heterocycles. The summed E-state index contributed by atoms with van der Waals surface area (Å²) in [7, 11) is 2.77. The molecule has 36 heavy (non-hydrogen) atoms. The maximum absolute atomic E-state index is 11.2. The minimum Gasteiger partial charge on any atom is -0.468 e. The Hall–Kier alpha value is -1.90. The van der Waals surface area contributed by atoms with Gasteiger partial charge in [0.15, 0.2) is 0 Å². The number of rotatable bonds is 16. The topological polar surface area (TPSA) is 100 Å². The molecule has 0 fully saturated rings. The van der Waals surface area contributed by atoms with Crippen molar-refractivity contribution in [2.45, 2.75) is 102 Å². The maximum Gasteiger partial charge on any atom is 0.315 e. The molecule has 0 radical (unpaired) electrons. The third-order valence-electron chi connectivity index (χ3n) is 5.89. The fourth-order valence-electron chi connectivity index (χ4n) is 2.88. The number of carbonyl (C=O) groups excluding carboxylic acids is 2. The summed E-state index contributed by atoms with van der Waals surface area (Å²) < 4.78 is 8.91. The largest absolute Gasteiger partial charge is 0.468 e. The van der Waals surface area contributed by atoms with Crippen molar-refractivity contribution in [1.29, 1.82) is 10.5 Å². The number of carbonyl (C=O) groups is 2. The zero-order valence-electron chi connectivity index (χ0n) is 23.6. The van der Waals surface area contributed by atoms with Gasteiger partial charge >= 0.3 is 11.9 Å². The number of esters is 2. The van der Waals surface area contributed by atoms with E-state index < -0.39 is 0 Å². The first-order valence-corrected chi connectivity index (χ1v) is 14.4. The summed E-state index contributed by atoms with van der Waals surface area (Å²) in [5, 5.41) is 17.8. The Labute approximate surface area is 228 Å². The van der Waals surface area contributed by atoms with Crippen LogP contribution in [0.15, 0.2) is 23.3 Å². The summed E-state index contributed by atoms with van der Waals surface area (Å²) in [4.78, 5) is 22.3. The Morgan fingerprint density at radius 2 is 1.11 bits per heavy atom. The van der Waals surface area contributed by atoms with Crippen molar-refractivity contribution in [2.24, 2.45) is 0 Å². The van der Waals surface area contributed by atoms with E-state index in [0.717, 1.165) is 38.5 Å². The van der Waals surface area contributed by atoms with Gasteiger partial charge in [0.25, 0.3) is 0 Å². The van der Waals surface area contributed by atoms with Crippen LogP contribution in [0.3, 0.4) is 0 Å². The lowest BCUT2D eigenvalue weighted by Crippen LogP contribution is -2.22. The van der Waals surface area contributed by atoms with E-state index in [1.165, 1.54) is 48.9 Å². The molecular formula is C28H46N2O4S2. The maximum atomic E-state index is 11.2. The first-order chi connectivity index (χ1) is 16.9. The highest BCUT2D eigenvalue weighted by atomic mass is 32.2. The monoisotopic (exact) mass is 538 g/mol. The number of nitriles is 2. The van der Waals surface area contributed by atoms with Crippen LogP contribution in [0.25, 0.3) is 0 Å². The molecule has 0 aliphatic carbocycles. The second-order valence-electron chi connectivity index (χ2n) is 9.18. The summed E-state index contributed by atoms with van der Waals surface area (Å²) >= 11 is 3.03. The molecule has 0 amide bonds. The zero-order chi connectivity index (χ0) is 28.0.